The predicted molar refractivity (Wildman–Crippen MR) is 101 cm³/mol. The van der Waals surface area contributed by atoms with Crippen molar-refractivity contribution in [3.63, 3.8) is 0 Å². The second kappa shape index (κ2) is 7.38. The summed E-state index contributed by atoms with van der Waals surface area (Å²) in [6, 6.07) is 10.5. The Bertz CT molecular complexity index is 648. The SMILES string of the molecule is CCN(CC)c1ncnc(N2CCN(c3ccccc3)CC2)c1N. The van der Waals surface area contributed by atoms with Crippen molar-refractivity contribution < 1.29 is 0 Å². The average Bonchev–Trinajstić information content (AvgIpc) is 2.65. The van der Waals surface area contributed by atoms with Crippen LogP contribution in [0.1, 0.15) is 13.8 Å². The van der Waals surface area contributed by atoms with E-state index in [0.717, 1.165) is 50.9 Å². The van der Waals surface area contributed by atoms with Gasteiger partial charge in [-0.2, -0.15) is 0 Å². The first kappa shape index (κ1) is 16.4. The van der Waals surface area contributed by atoms with Crippen molar-refractivity contribution in [3.8, 4) is 0 Å². The van der Waals surface area contributed by atoms with E-state index in [1.807, 2.05) is 0 Å². The van der Waals surface area contributed by atoms with Crippen LogP contribution in [0.5, 0.6) is 0 Å². The number of aromatic nitrogens is 2. The fraction of sp³-hybridized carbons (Fsp3) is 0.444. The van der Waals surface area contributed by atoms with Gasteiger partial charge in [0.05, 0.1) is 0 Å². The predicted octanol–water partition coefficient (Wildman–Crippen LogP) is 2.23. The zero-order valence-electron chi connectivity index (χ0n) is 14.5. The van der Waals surface area contributed by atoms with Gasteiger partial charge in [-0.05, 0) is 26.0 Å². The number of benzene rings is 1. The van der Waals surface area contributed by atoms with E-state index in [1.54, 1.807) is 6.33 Å². The largest absolute Gasteiger partial charge is 0.393 e. The van der Waals surface area contributed by atoms with Crippen LogP contribution >= 0.6 is 0 Å². The molecule has 1 aliphatic heterocycles. The molecule has 1 aliphatic rings. The molecule has 6 nitrogen and oxygen atoms in total. The summed E-state index contributed by atoms with van der Waals surface area (Å²) in [6.45, 7) is 9.76. The van der Waals surface area contributed by atoms with Crippen LogP contribution in [0.4, 0.5) is 23.0 Å². The highest BCUT2D eigenvalue weighted by Crippen LogP contribution is 2.29. The van der Waals surface area contributed by atoms with Gasteiger partial charge in [0.15, 0.2) is 11.6 Å². The minimum absolute atomic E-state index is 0.689. The number of nitrogens with two attached hydrogens (primary N) is 1. The van der Waals surface area contributed by atoms with Gasteiger partial charge in [-0.25, -0.2) is 9.97 Å². The monoisotopic (exact) mass is 326 g/mol. The minimum Gasteiger partial charge on any atom is -0.393 e. The van der Waals surface area contributed by atoms with Gasteiger partial charge in [0.25, 0.3) is 0 Å². The van der Waals surface area contributed by atoms with Gasteiger partial charge in [0.1, 0.15) is 12.0 Å². The summed E-state index contributed by atoms with van der Waals surface area (Å²) in [7, 11) is 0. The lowest BCUT2D eigenvalue weighted by Crippen LogP contribution is -2.47. The van der Waals surface area contributed by atoms with Crippen LogP contribution in [0.25, 0.3) is 0 Å². The average molecular weight is 326 g/mol. The second-order valence-corrected chi connectivity index (χ2v) is 5.92. The Morgan fingerprint density at radius 1 is 0.958 bits per heavy atom. The lowest BCUT2D eigenvalue weighted by atomic mass is 10.2. The molecule has 2 heterocycles. The molecule has 2 aromatic rings. The molecule has 2 N–H and O–H groups in total. The highest BCUT2D eigenvalue weighted by Gasteiger charge is 2.22. The summed E-state index contributed by atoms with van der Waals surface area (Å²) in [5.41, 5.74) is 8.35. The lowest BCUT2D eigenvalue weighted by molar-refractivity contribution is 0.647. The first-order valence-corrected chi connectivity index (χ1v) is 8.65. The number of para-hydroxylation sites is 1. The van der Waals surface area contributed by atoms with Crippen molar-refractivity contribution in [2.24, 2.45) is 0 Å². The molecule has 1 saturated heterocycles. The van der Waals surface area contributed by atoms with E-state index in [0.29, 0.717) is 5.69 Å². The van der Waals surface area contributed by atoms with E-state index in [4.69, 9.17) is 5.73 Å². The maximum Gasteiger partial charge on any atom is 0.157 e. The fourth-order valence-corrected chi connectivity index (χ4v) is 3.22. The van der Waals surface area contributed by atoms with Crippen molar-refractivity contribution >= 4 is 23.0 Å². The van der Waals surface area contributed by atoms with Crippen molar-refractivity contribution in [2.75, 3.05) is 59.7 Å². The number of hydrogen-bond donors (Lipinski definition) is 1. The highest BCUT2D eigenvalue weighted by molar-refractivity contribution is 5.76. The van der Waals surface area contributed by atoms with Crippen molar-refractivity contribution in [2.45, 2.75) is 13.8 Å². The molecule has 1 aromatic heterocycles. The highest BCUT2D eigenvalue weighted by atomic mass is 15.3. The third-order valence-corrected chi connectivity index (χ3v) is 4.61. The number of anilines is 4. The Kier molecular flexibility index (Phi) is 5.03. The minimum atomic E-state index is 0.689. The van der Waals surface area contributed by atoms with E-state index >= 15 is 0 Å². The Balaban J connectivity index is 1.74. The number of piperazine rings is 1. The normalized spacial score (nSPS) is 14.8. The van der Waals surface area contributed by atoms with Crippen molar-refractivity contribution in [1.82, 2.24) is 9.97 Å². The molecular formula is C18H26N6. The number of hydrogen-bond acceptors (Lipinski definition) is 6. The Morgan fingerprint density at radius 3 is 2.21 bits per heavy atom. The van der Waals surface area contributed by atoms with Gasteiger partial charge < -0.3 is 20.4 Å². The number of rotatable bonds is 5. The van der Waals surface area contributed by atoms with Crippen LogP contribution < -0.4 is 20.4 Å². The van der Waals surface area contributed by atoms with Crippen molar-refractivity contribution in [1.29, 1.82) is 0 Å². The van der Waals surface area contributed by atoms with Gasteiger partial charge in [-0.15, -0.1) is 0 Å². The molecule has 6 heteroatoms. The maximum absolute atomic E-state index is 6.39. The fourth-order valence-electron chi connectivity index (χ4n) is 3.22. The van der Waals surface area contributed by atoms with Gasteiger partial charge in [0.2, 0.25) is 0 Å². The molecule has 128 valence electrons. The molecule has 0 radical (unpaired) electrons. The summed E-state index contributed by atoms with van der Waals surface area (Å²) < 4.78 is 0. The molecular weight excluding hydrogens is 300 g/mol. The molecule has 0 unspecified atom stereocenters. The zero-order valence-corrected chi connectivity index (χ0v) is 14.5. The van der Waals surface area contributed by atoms with Crippen molar-refractivity contribution in [3.05, 3.63) is 36.7 Å². The lowest BCUT2D eigenvalue weighted by Gasteiger charge is -2.37. The summed E-state index contributed by atoms with van der Waals surface area (Å²) in [5.74, 6) is 1.70. The molecule has 1 fully saturated rings. The quantitative estimate of drug-likeness (QED) is 0.909. The zero-order chi connectivity index (χ0) is 16.9. The third kappa shape index (κ3) is 3.22. The first-order chi connectivity index (χ1) is 11.7. The Labute approximate surface area is 143 Å². The summed E-state index contributed by atoms with van der Waals surface area (Å²) in [5, 5.41) is 0. The molecule has 0 bridgehead atoms. The van der Waals surface area contributed by atoms with Gasteiger partial charge in [0, 0.05) is 45.0 Å². The topological polar surface area (TPSA) is 61.5 Å². The van der Waals surface area contributed by atoms with Crippen LogP contribution in [0, 0.1) is 0 Å². The van der Waals surface area contributed by atoms with E-state index in [9.17, 15) is 0 Å². The van der Waals surface area contributed by atoms with E-state index in [2.05, 4.69) is 68.8 Å². The Morgan fingerprint density at radius 2 is 1.58 bits per heavy atom. The molecule has 1 aromatic carbocycles. The summed E-state index contributed by atoms with van der Waals surface area (Å²) in [6.07, 6.45) is 1.63. The van der Waals surface area contributed by atoms with Crippen LogP contribution in [0.3, 0.4) is 0 Å². The third-order valence-electron chi connectivity index (χ3n) is 4.61. The first-order valence-electron chi connectivity index (χ1n) is 8.65. The van der Waals surface area contributed by atoms with Gasteiger partial charge in [-0.3, -0.25) is 0 Å². The second-order valence-electron chi connectivity index (χ2n) is 5.92. The van der Waals surface area contributed by atoms with Crippen LogP contribution in [0.15, 0.2) is 36.7 Å². The smallest absolute Gasteiger partial charge is 0.157 e. The van der Waals surface area contributed by atoms with Gasteiger partial charge >= 0.3 is 0 Å². The molecule has 0 spiro atoms. The number of nitrogens with zero attached hydrogens (tertiary/aromatic N) is 5. The molecule has 0 atom stereocenters. The standard InChI is InChI=1S/C18H26N6/c1-3-22(4-2)17-16(19)18(21-14-20-17)24-12-10-23(11-13-24)15-8-6-5-7-9-15/h5-9,14H,3-4,10-13,19H2,1-2H3. The Hall–Kier alpha value is -2.50. The maximum atomic E-state index is 6.39. The van der Waals surface area contributed by atoms with Gasteiger partial charge in [-0.1, -0.05) is 18.2 Å². The van der Waals surface area contributed by atoms with E-state index < -0.39 is 0 Å². The summed E-state index contributed by atoms with van der Waals surface area (Å²) >= 11 is 0. The van der Waals surface area contributed by atoms with E-state index in [1.165, 1.54) is 5.69 Å². The number of nitrogen functional groups attached to an aromatic ring is 1. The summed E-state index contributed by atoms with van der Waals surface area (Å²) in [4.78, 5) is 15.7. The van der Waals surface area contributed by atoms with Crippen LogP contribution in [-0.2, 0) is 0 Å². The van der Waals surface area contributed by atoms with Crippen LogP contribution in [0.2, 0.25) is 0 Å². The van der Waals surface area contributed by atoms with E-state index in [-0.39, 0.29) is 0 Å². The molecule has 0 aliphatic carbocycles. The molecule has 0 amide bonds. The molecule has 24 heavy (non-hydrogen) atoms. The molecule has 3 rings (SSSR count). The van der Waals surface area contributed by atoms with Crippen LogP contribution in [-0.4, -0.2) is 49.2 Å². The molecule has 0 saturated carbocycles.